The van der Waals surface area contributed by atoms with Gasteiger partial charge in [-0.3, -0.25) is 0 Å². The monoisotopic (exact) mass is 333 g/mol. The van der Waals surface area contributed by atoms with Crippen molar-refractivity contribution >= 4 is 27.7 Å². The molecule has 1 aliphatic rings. The van der Waals surface area contributed by atoms with Crippen molar-refractivity contribution in [2.24, 2.45) is 0 Å². The molecule has 1 fully saturated rings. The Hall–Kier alpha value is -1.38. The van der Waals surface area contributed by atoms with Crippen molar-refractivity contribution in [3.05, 3.63) is 23.5 Å². The van der Waals surface area contributed by atoms with Crippen LogP contribution in [0.5, 0.6) is 0 Å². The van der Waals surface area contributed by atoms with Gasteiger partial charge in [0.25, 0.3) is 0 Å². The largest absolute Gasteiger partial charge is 0.450 e. The number of carbonyl (C=O) groups is 1. The van der Waals surface area contributed by atoms with Crippen molar-refractivity contribution in [1.82, 2.24) is 14.2 Å². The van der Waals surface area contributed by atoms with Gasteiger partial charge in [0.2, 0.25) is 10.0 Å². The molecule has 1 aromatic heterocycles. The van der Waals surface area contributed by atoms with Gasteiger partial charge in [0.1, 0.15) is 5.15 Å². The fourth-order valence-corrected chi connectivity index (χ4v) is 3.69. The van der Waals surface area contributed by atoms with Crippen LogP contribution in [0.2, 0.25) is 5.15 Å². The first kappa shape index (κ1) is 16.0. The molecule has 0 N–H and O–H groups in total. The Morgan fingerprint density at radius 3 is 2.62 bits per heavy atom. The van der Waals surface area contributed by atoms with Crippen LogP contribution in [-0.2, 0) is 14.8 Å². The van der Waals surface area contributed by atoms with E-state index in [-0.39, 0.29) is 23.1 Å². The minimum Gasteiger partial charge on any atom is -0.450 e. The first-order chi connectivity index (χ1) is 9.95. The summed E-state index contributed by atoms with van der Waals surface area (Å²) < 4.78 is 31.1. The van der Waals surface area contributed by atoms with Crippen LogP contribution in [0, 0.1) is 0 Å². The van der Waals surface area contributed by atoms with E-state index in [1.54, 1.807) is 6.92 Å². The summed E-state index contributed by atoms with van der Waals surface area (Å²) in [6.07, 6.45) is 0.936. The van der Waals surface area contributed by atoms with Crippen molar-refractivity contribution in [2.75, 3.05) is 32.8 Å². The molecule has 0 radical (unpaired) electrons. The van der Waals surface area contributed by atoms with Gasteiger partial charge in [-0.15, -0.1) is 0 Å². The van der Waals surface area contributed by atoms with Crippen LogP contribution in [0.15, 0.2) is 23.2 Å². The summed E-state index contributed by atoms with van der Waals surface area (Å²) in [5.74, 6) is 0. The van der Waals surface area contributed by atoms with Crippen molar-refractivity contribution < 1.29 is 17.9 Å². The van der Waals surface area contributed by atoms with Gasteiger partial charge >= 0.3 is 6.09 Å². The number of amides is 1. The van der Waals surface area contributed by atoms with Crippen LogP contribution in [0.25, 0.3) is 0 Å². The van der Waals surface area contributed by atoms with E-state index in [1.807, 2.05) is 0 Å². The average Bonchev–Trinajstić information content (AvgIpc) is 2.47. The molecule has 7 nitrogen and oxygen atoms in total. The van der Waals surface area contributed by atoms with E-state index in [1.165, 1.54) is 27.5 Å². The lowest BCUT2D eigenvalue weighted by molar-refractivity contribution is 0.0934. The summed E-state index contributed by atoms with van der Waals surface area (Å²) >= 11 is 5.73. The highest BCUT2D eigenvalue weighted by Gasteiger charge is 2.30. The maximum atomic E-state index is 12.4. The number of pyridine rings is 1. The zero-order chi connectivity index (χ0) is 15.5. The number of piperazine rings is 1. The highest BCUT2D eigenvalue weighted by molar-refractivity contribution is 7.89. The Morgan fingerprint density at radius 2 is 2.05 bits per heavy atom. The smallest absolute Gasteiger partial charge is 0.409 e. The molecule has 0 saturated carbocycles. The maximum absolute atomic E-state index is 12.4. The molecule has 0 aromatic carbocycles. The van der Waals surface area contributed by atoms with E-state index in [0.717, 1.165) is 0 Å². The summed E-state index contributed by atoms with van der Waals surface area (Å²) in [6.45, 7) is 3.08. The molecule has 1 aromatic rings. The first-order valence-electron chi connectivity index (χ1n) is 6.48. The molecule has 9 heteroatoms. The zero-order valence-corrected chi connectivity index (χ0v) is 13.1. The number of halogens is 1. The maximum Gasteiger partial charge on any atom is 0.409 e. The van der Waals surface area contributed by atoms with Gasteiger partial charge in [0.05, 0.1) is 11.5 Å². The molecule has 0 aliphatic carbocycles. The summed E-state index contributed by atoms with van der Waals surface area (Å²) in [5.41, 5.74) is 0. The summed E-state index contributed by atoms with van der Waals surface area (Å²) in [4.78, 5) is 16.9. The third-order valence-electron chi connectivity index (χ3n) is 3.10. The van der Waals surface area contributed by atoms with Gasteiger partial charge < -0.3 is 9.64 Å². The Bertz CT molecular complexity index is 615. The third-order valence-corrected chi connectivity index (χ3v) is 5.20. The minimum atomic E-state index is -3.62. The normalized spacial score (nSPS) is 16.8. The Kier molecular flexibility index (Phi) is 5.02. The van der Waals surface area contributed by atoms with Crippen LogP contribution >= 0.6 is 11.6 Å². The van der Waals surface area contributed by atoms with Crippen LogP contribution in [0.3, 0.4) is 0 Å². The molecule has 1 amide bonds. The lowest BCUT2D eigenvalue weighted by atomic mass is 10.4. The Balaban J connectivity index is 2.06. The quantitative estimate of drug-likeness (QED) is 0.776. The van der Waals surface area contributed by atoms with Gasteiger partial charge in [0, 0.05) is 32.4 Å². The predicted molar refractivity (Wildman–Crippen MR) is 76.6 cm³/mol. The number of hydrogen-bond acceptors (Lipinski definition) is 5. The molecular formula is C12H16ClN3O4S. The van der Waals surface area contributed by atoms with Crippen molar-refractivity contribution in [1.29, 1.82) is 0 Å². The van der Waals surface area contributed by atoms with E-state index >= 15 is 0 Å². The predicted octanol–water partition coefficient (Wildman–Crippen LogP) is 1.20. The molecule has 116 valence electrons. The van der Waals surface area contributed by atoms with Gasteiger partial charge in [-0.05, 0) is 19.1 Å². The number of rotatable bonds is 3. The summed E-state index contributed by atoms with van der Waals surface area (Å²) in [6, 6.07) is 2.72. The molecule has 0 unspecified atom stereocenters. The Labute approximate surface area is 128 Å². The molecular weight excluding hydrogens is 318 g/mol. The molecule has 2 rings (SSSR count). The molecule has 0 atom stereocenters. The highest BCUT2D eigenvalue weighted by atomic mass is 35.5. The second kappa shape index (κ2) is 6.59. The SMILES string of the molecule is CCOC(=O)N1CCN(S(=O)(=O)c2ccnc(Cl)c2)CC1. The second-order valence-electron chi connectivity index (χ2n) is 4.40. The van der Waals surface area contributed by atoms with Crippen molar-refractivity contribution in [2.45, 2.75) is 11.8 Å². The first-order valence-corrected chi connectivity index (χ1v) is 8.30. The zero-order valence-electron chi connectivity index (χ0n) is 11.5. The molecule has 0 spiro atoms. The van der Waals surface area contributed by atoms with Crippen LogP contribution in [-0.4, -0.2) is 61.5 Å². The van der Waals surface area contributed by atoms with E-state index in [0.29, 0.717) is 19.7 Å². The van der Waals surface area contributed by atoms with Crippen LogP contribution in [0.1, 0.15) is 6.92 Å². The second-order valence-corrected chi connectivity index (χ2v) is 6.73. The lowest BCUT2D eigenvalue weighted by Gasteiger charge is -2.33. The molecule has 2 heterocycles. The molecule has 1 aliphatic heterocycles. The van der Waals surface area contributed by atoms with E-state index < -0.39 is 16.1 Å². The number of sulfonamides is 1. The third kappa shape index (κ3) is 3.63. The highest BCUT2D eigenvalue weighted by Crippen LogP contribution is 2.19. The topological polar surface area (TPSA) is 79.8 Å². The van der Waals surface area contributed by atoms with Gasteiger partial charge in [-0.2, -0.15) is 4.31 Å². The summed E-state index contributed by atoms with van der Waals surface area (Å²) in [5, 5.41) is 0.126. The number of ether oxygens (including phenoxy) is 1. The van der Waals surface area contributed by atoms with Gasteiger partial charge in [0.15, 0.2) is 0 Å². The molecule has 21 heavy (non-hydrogen) atoms. The van der Waals surface area contributed by atoms with E-state index in [9.17, 15) is 13.2 Å². The molecule has 0 bridgehead atoms. The van der Waals surface area contributed by atoms with Gasteiger partial charge in [-0.1, -0.05) is 11.6 Å². The standard InChI is InChI=1S/C12H16ClN3O4S/c1-2-20-12(17)15-5-7-16(8-6-15)21(18,19)10-3-4-14-11(13)9-10/h3-4,9H,2,5-8H2,1H3. The van der Waals surface area contributed by atoms with E-state index in [4.69, 9.17) is 16.3 Å². The van der Waals surface area contributed by atoms with Gasteiger partial charge in [-0.25, -0.2) is 18.2 Å². The summed E-state index contributed by atoms with van der Waals surface area (Å²) in [7, 11) is -3.62. The van der Waals surface area contributed by atoms with Crippen LogP contribution < -0.4 is 0 Å². The Morgan fingerprint density at radius 1 is 1.38 bits per heavy atom. The fraction of sp³-hybridized carbons (Fsp3) is 0.500. The minimum absolute atomic E-state index is 0.104. The fourth-order valence-electron chi connectivity index (χ4n) is 2.02. The number of hydrogen-bond donors (Lipinski definition) is 0. The average molecular weight is 334 g/mol. The van der Waals surface area contributed by atoms with Crippen molar-refractivity contribution in [3.8, 4) is 0 Å². The number of aromatic nitrogens is 1. The lowest BCUT2D eigenvalue weighted by Crippen LogP contribution is -2.50. The number of carbonyl (C=O) groups excluding carboxylic acids is 1. The molecule has 1 saturated heterocycles. The number of nitrogens with zero attached hydrogens (tertiary/aromatic N) is 3. The van der Waals surface area contributed by atoms with Crippen molar-refractivity contribution in [3.63, 3.8) is 0 Å². The van der Waals surface area contributed by atoms with E-state index in [2.05, 4.69) is 4.98 Å². The van der Waals surface area contributed by atoms with Crippen LogP contribution in [0.4, 0.5) is 4.79 Å².